The second-order valence-electron chi connectivity index (χ2n) is 12.8. The number of β-amino-alcohol motifs (C(OH)–C–C–N with tert-alkyl or cyclic N) is 1. The van der Waals surface area contributed by atoms with E-state index in [9.17, 15) is 24.3 Å². The topological polar surface area (TPSA) is 128 Å². The average Bonchev–Trinajstić information content (AvgIpc) is 2.86. The van der Waals surface area contributed by atoms with Gasteiger partial charge >= 0.3 is 0 Å². The summed E-state index contributed by atoms with van der Waals surface area (Å²) < 4.78 is 0. The van der Waals surface area contributed by atoms with Crippen LogP contribution in [-0.4, -0.2) is 76.4 Å². The zero-order valence-electron chi connectivity index (χ0n) is 24.7. The van der Waals surface area contributed by atoms with Crippen molar-refractivity contribution in [2.75, 3.05) is 13.1 Å². The molecule has 4 N–H and O–H groups in total. The fraction of sp³-hybridized carbons (Fsp3) is 0.677. The molecule has 0 radical (unpaired) electrons. The highest BCUT2D eigenvalue weighted by molar-refractivity contribution is 5.91. The first-order chi connectivity index (χ1) is 18.8. The number of ketones is 1. The monoisotopic (exact) mass is 556 g/mol. The van der Waals surface area contributed by atoms with Crippen LogP contribution in [0.2, 0.25) is 0 Å². The summed E-state index contributed by atoms with van der Waals surface area (Å²) in [5, 5.41) is 20.2. The number of fused-ring (bicyclic) bond motifs is 1. The van der Waals surface area contributed by atoms with Crippen LogP contribution >= 0.6 is 0 Å². The zero-order valence-corrected chi connectivity index (χ0v) is 24.7. The normalized spacial score (nSPS) is 23.7. The van der Waals surface area contributed by atoms with E-state index >= 15 is 0 Å². The standard InChI is InChI=1S/C31H48N4O5/c1-20(36)15-26(32-21(2)37)29(39)33-25(16-22-11-7-6-8-12-22)28(38)19-35-18-24-14-10-9-13-23(24)17-27(35)30(40)34-31(3,4)5/h6-8,11-12,23-28,38H,9-10,13-19H2,1-5H3,(H,32,37)(H,33,39)(H,34,40)/t23-,24+,25-,26-,27-,28+/m0/s1. The van der Waals surface area contributed by atoms with E-state index in [1.165, 1.54) is 26.7 Å². The molecule has 9 nitrogen and oxygen atoms in total. The third kappa shape index (κ3) is 9.70. The number of rotatable bonds is 11. The number of amides is 3. The number of nitrogens with zero attached hydrogens (tertiary/aromatic N) is 1. The average molecular weight is 557 g/mol. The van der Waals surface area contributed by atoms with Gasteiger partial charge in [-0.3, -0.25) is 24.1 Å². The van der Waals surface area contributed by atoms with Crippen molar-refractivity contribution in [2.45, 2.75) is 109 Å². The van der Waals surface area contributed by atoms with Crippen molar-refractivity contribution >= 4 is 23.5 Å². The number of carbonyl (C=O) groups excluding carboxylic acids is 4. The molecule has 0 bridgehead atoms. The molecule has 1 heterocycles. The van der Waals surface area contributed by atoms with E-state index in [2.05, 4.69) is 20.9 Å². The summed E-state index contributed by atoms with van der Waals surface area (Å²) in [5.41, 5.74) is 0.562. The van der Waals surface area contributed by atoms with Crippen molar-refractivity contribution in [3.05, 3.63) is 35.9 Å². The zero-order chi connectivity index (χ0) is 29.4. The van der Waals surface area contributed by atoms with Crippen LogP contribution in [0.15, 0.2) is 30.3 Å². The molecule has 3 rings (SSSR count). The molecular formula is C31H48N4O5. The summed E-state index contributed by atoms with van der Waals surface area (Å²) in [6.45, 7) is 9.52. The van der Waals surface area contributed by atoms with Crippen LogP contribution in [0.25, 0.3) is 0 Å². The van der Waals surface area contributed by atoms with E-state index in [4.69, 9.17) is 0 Å². The fourth-order valence-electron chi connectivity index (χ4n) is 6.17. The smallest absolute Gasteiger partial charge is 0.243 e. The first-order valence-electron chi connectivity index (χ1n) is 14.7. The molecule has 1 saturated heterocycles. The van der Waals surface area contributed by atoms with Crippen LogP contribution in [0.1, 0.15) is 78.7 Å². The molecule has 222 valence electrons. The lowest BCUT2D eigenvalue weighted by Crippen LogP contribution is -2.61. The van der Waals surface area contributed by atoms with E-state index in [0.717, 1.165) is 31.4 Å². The lowest BCUT2D eigenvalue weighted by Gasteiger charge is -2.47. The molecular weight excluding hydrogens is 508 g/mol. The number of piperidine rings is 1. The van der Waals surface area contributed by atoms with E-state index in [1.54, 1.807) is 0 Å². The summed E-state index contributed by atoms with van der Waals surface area (Å²) >= 11 is 0. The van der Waals surface area contributed by atoms with Crippen LogP contribution in [0.5, 0.6) is 0 Å². The molecule has 9 heteroatoms. The molecule has 40 heavy (non-hydrogen) atoms. The maximum atomic E-state index is 13.4. The van der Waals surface area contributed by atoms with E-state index < -0.39 is 30.0 Å². The maximum absolute atomic E-state index is 13.4. The van der Waals surface area contributed by atoms with Gasteiger partial charge in [-0.25, -0.2) is 0 Å². The minimum absolute atomic E-state index is 0.0282. The van der Waals surface area contributed by atoms with Gasteiger partial charge in [0.05, 0.1) is 18.2 Å². The number of carbonyl (C=O) groups is 4. The van der Waals surface area contributed by atoms with Gasteiger partial charge in [0.15, 0.2) is 0 Å². The highest BCUT2D eigenvalue weighted by Crippen LogP contribution is 2.39. The predicted octanol–water partition coefficient (Wildman–Crippen LogP) is 2.35. The summed E-state index contributed by atoms with van der Waals surface area (Å²) in [7, 11) is 0. The number of aliphatic hydroxyl groups excluding tert-OH is 1. The molecule has 1 aliphatic carbocycles. The van der Waals surface area contributed by atoms with Gasteiger partial charge < -0.3 is 21.1 Å². The molecule has 0 unspecified atom stereocenters. The molecule has 0 spiro atoms. The molecule has 3 amide bonds. The molecule has 2 aliphatic rings. The minimum Gasteiger partial charge on any atom is -0.390 e. The number of likely N-dealkylation sites (tertiary alicyclic amines) is 1. The molecule has 1 aromatic rings. The van der Waals surface area contributed by atoms with Crippen LogP contribution in [0.3, 0.4) is 0 Å². The Morgan fingerprint density at radius 3 is 2.25 bits per heavy atom. The Morgan fingerprint density at radius 1 is 1.00 bits per heavy atom. The molecule has 1 aliphatic heterocycles. The van der Waals surface area contributed by atoms with Crippen molar-refractivity contribution in [3.8, 4) is 0 Å². The van der Waals surface area contributed by atoms with Crippen LogP contribution < -0.4 is 16.0 Å². The summed E-state index contributed by atoms with van der Waals surface area (Å²) in [6.07, 6.45) is 4.64. The third-order valence-corrected chi connectivity index (χ3v) is 8.00. The first-order valence-corrected chi connectivity index (χ1v) is 14.7. The van der Waals surface area contributed by atoms with Crippen molar-refractivity contribution in [1.29, 1.82) is 0 Å². The van der Waals surface area contributed by atoms with E-state index in [-0.39, 0.29) is 36.2 Å². The van der Waals surface area contributed by atoms with Gasteiger partial charge in [0.25, 0.3) is 0 Å². The number of hydrogen-bond donors (Lipinski definition) is 4. The Morgan fingerprint density at radius 2 is 1.65 bits per heavy atom. The SMILES string of the molecule is CC(=O)C[C@H](NC(C)=O)C(=O)N[C@@H](Cc1ccccc1)[C@H](O)CN1C[C@H]2CCCC[C@H]2C[C@H]1C(=O)NC(C)(C)C. The fourth-order valence-corrected chi connectivity index (χ4v) is 6.17. The Hall–Kier alpha value is -2.78. The molecule has 1 aromatic carbocycles. The van der Waals surface area contributed by atoms with E-state index in [1.807, 2.05) is 51.1 Å². The Kier molecular flexibility index (Phi) is 11.3. The Bertz CT molecular complexity index is 1010. The summed E-state index contributed by atoms with van der Waals surface area (Å²) in [5.74, 6) is -0.191. The third-order valence-electron chi connectivity index (χ3n) is 8.00. The van der Waals surface area contributed by atoms with Gasteiger partial charge in [0.1, 0.15) is 11.8 Å². The van der Waals surface area contributed by atoms with Crippen LogP contribution in [-0.2, 0) is 25.6 Å². The lowest BCUT2D eigenvalue weighted by atomic mass is 9.72. The molecule has 6 atom stereocenters. The number of hydrogen-bond acceptors (Lipinski definition) is 6. The lowest BCUT2D eigenvalue weighted by molar-refractivity contribution is -0.133. The number of aliphatic hydroxyl groups is 1. The predicted molar refractivity (Wildman–Crippen MR) is 154 cm³/mol. The molecule has 1 saturated carbocycles. The van der Waals surface area contributed by atoms with Crippen molar-refractivity contribution in [1.82, 2.24) is 20.9 Å². The van der Waals surface area contributed by atoms with Gasteiger partial charge in [-0.15, -0.1) is 0 Å². The van der Waals surface area contributed by atoms with Crippen LogP contribution in [0, 0.1) is 11.8 Å². The van der Waals surface area contributed by atoms with Gasteiger partial charge in [0.2, 0.25) is 17.7 Å². The summed E-state index contributed by atoms with van der Waals surface area (Å²) in [6, 6.07) is 7.50. The van der Waals surface area contributed by atoms with Crippen molar-refractivity contribution < 1.29 is 24.3 Å². The van der Waals surface area contributed by atoms with Crippen molar-refractivity contribution in [2.24, 2.45) is 11.8 Å². The highest BCUT2D eigenvalue weighted by Gasteiger charge is 2.42. The second-order valence-corrected chi connectivity index (χ2v) is 12.8. The second kappa shape index (κ2) is 14.2. The van der Waals surface area contributed by atoms with Gasteiger partial charge in [0, 0.05) is 32.0 Å². The van der Waals surface area contributed by atoms with Crippen molar-refractivity contribution in [3.63, 3.8) is 0 Å². The quantitative estimate of drug-likeness (QED) is 0.331. The molecule has 0 aromatic heterocycles. The Labute approximate surface area is 238 Å². The van der Waals surface area contributed by atoms with Gasteiger partial charge in [-0.1, -0.05) is 49.6 Å². The van der Waals surface area contributed by atoms with Gasteiger partial charge in [-0.05, 0) is 64.4 Å². The van der Waals surface area contributed by atoms with E-state index in [0.29, 0.717) is 18.3 Å². The minimum atomic E-state index is -1.02. The maximum Gasteiger partial charge on any atom is 0.243 e. The van der Waals surface area contributed by atoms with Crippen LogP contribution in [0.4, 0.5) is 0 Å². The number of Topliss-reactive ketones (excluding diaryl/α,β-unsaturated/α-hetero) is 1. The Balaban J connectivity index is 1.82. The number of nitrogens with one attached hydrogen (secondary N) is 3. The first kappa shape index (κ1) is 31.7. The summed E-state index contributed by atoms with van der Waals surface area (Å²) in [4.78, 5) is 52.3. The molecule has 2 fully saturated rings. The highest BCUT2D eigenvalue weighted by atomic mass is 16.3. The largest absolute Gasteiger partial charge is 0.390 e. The van der Waals surface area contributed by atoms with Gasteiger partial charge in [-0.2, -0.15) is 0 Å². The number of benzene rings is 1.